The van der Waals surface area contributed by atoms with Gasteiger partial charge in [-0.1, -0.05) is 30.3 Å². The Morgan fingerprint density at radius 2 is 2.18 bits per heavy atom. The predicted molar refractivity (Wildman–Crippen MR) is 86.4 cm³/mol. The first-order chi connectivity index (χ1) is 10.8. The van der Waals surface area contributed by atoms with Crippen LogP contribution in [0.2, 0.25) is 0 Å². The van der Waals surface area contributed by atoms with E-state index in [-0.39, 0.29) is 5.91 Å². The lowest BCUT2D eigenvalue weighted by Crippen LogP contribution is -2.40. The number of aromatic nitrogens is 2. The van der Waals surface area contributed by atoms with Crippen LogP contribution in [-0.4, -0.2) is 33.9 Å². The normalized spacial score (nSPS) is 18.4. The summed E-state index contributed by atoms with van der Waals surface area (Å²) in [5.41, 5.74) is 1.24. The average molecular weight is 297 g/mol. The summed E-state index contributed by atoms with van der Waals surface area (Å²) < 4.78 is 0. The van der Waals surface area contributed by atoms with Crippen molar-refractivity contribution in [3.63, 3.8) is 0 Å². The standard InChI is InChI=1S/C18H23N3O/c22-18(9-8-15-5-2-1-3-6-15)21-12-4-7-16(14-21)13-17-19-10-11-20-17/h1-3,5-6,10-11,16H,4,7-9,12-14H2,(H,19,20). The zero-order valence-corrected chi connectivity index (χ0v) is 12.9. The van der Waals surface area contributed by atoms with E-state index >= 15 is 0 Å². The van der Waals surface area contributed by atoms with Crippen LogP contribution < -0.4 is 0 Å². The highest BCUT2D eigenvalue weighted by atomic mass is 16.2. The van der Waals surface area contributed by atoms with Gasteiger partial charge in [0, 0.05) is 38.3 Å². The maximum atomic E-state index is 12.4. The second-order valence-electron chi connectivity index (χ2n) is 6.07. The van der Waals surface area contributed by atoms with Crippen molar-refractivity contribution >= 4 is 5.91 Å². The van der Waals surface area contributed by atoms with Gasteiger partial charge in [-0.3, -0.25) is 4.79 Å². The number of rotatable bonds is 5. The van der Waals surface area contributed by atoms with Gasteiger partial charge in [-0.25, -0.2) is 4.98 Å². The molecule has 1 fully saturated rings. The SMILES string of the molecule is O=C(CCc1ccccc1)N1CCCC(Cc2ncc[nH]2)C1. The molecule has 1 unspecified atom stereocenters. The van der Waals surface area contributed by atoms with E-state index in [0.29, 0.717) is 12.3 Å². The zero-order chi connectivity index (χ0) is 15.2. The molecule has 116 valence electrons. The van der Waals surface area contributed by atoms with Crippen molar-refractivity contribution in [3.05, 3.63) is 54.1 Å². The predicted octanol–water partition coefficient (Wildman–Crippen LogP) is 2.82. The number of nitrogens with zero attached hydrogens (tertiary/aromatic N) is 2. The molecule has 0 spiro atoms. The summed E-state index contributed by atoms with van der Waals surface area (Å²) >= 11 is 0. The van der Waals surface area contributed by atoms with Crippen LogP contribution in [0.15, 0.2) is 42.7 Å². The van der Waals surface area contributed by atoms with Crippen molar-refractivity contribution in [2.45, 2.75) is 32.1 Å². The van der Waals surface area contributed by atoms with Gasteiger partial charge in [0.05, 0.1) is 0 Å². The van der Waals surface area contributed by atoms with Crippen LogP contribution in [0.1, 0.15) is 30.7 Å². The Balaban J connectivity index is 1.49. The Morgan fingerprint density at radius 1 is 1.32 bits per heavy atom. The van der Waals surface area contributed by atoms with Gasteiger partial charge in [0.15, 0.2) is 0 Å². The van der Waals surface area contributed by atoms with Crippen molar-refractivity contribution in [1.29, 1.82) is 0 Å². The summed E-state index contributed by atoms with van der Waals surface area (Å²) in [4.78, 5) is 21.9. The number of imidazole rings is 1. The highest BCUT2D eigenvalue weighted by molar-refractivity contribution is 5.76. The van der Waals surface area contributed by atoms with E-state index in [2.05, 4.69) is 22.1 Å². The number of hydrogen-bond acceptors (Lipinski definition) is 2. The number of piperidine rings is 1. The number of aromatic amines is 1. The molecule has 1 amide bonds. The van der Waals surface area contributed by atoms with Gasteiger partial charge >= 0.3 is 0 Å². The summed E-state index contributed by atoms with van der Waals surface area (Å²) in [5, 5.41) is 0. The highest BCUT2D eigenvalue weighted by Crippen LogP contribution is 2.20. The van der Waals surface area contributed by atoms with Crippen LogP contribution in [-0.2, 0) is 17.6 Å². The van der Waals surface area contributed by atoms with Crippen molar-refractivity contribution in [2.24, 2.45) is 5.92 Å². The van der Waals surface area contributed by atoms with E-state index in [4.69, 9.17) is 0 Å². The van der Waals surface area contributed by atoms with E-state index in [1.54, 1.807) is 6.20 Å². The molecule has 1 N–H and O–H groups in total. The number of aryl methyl sites for hydroxylation is 1. The first-order valence-corrected chi connectivity index (χ1v) is 8.11. The topological polar surface area (TPSA) is 49.0 Å². The van der Waals surface area contributed by atoms with Crippen molar-refractivity contribution in [1.82, 2.24) is 14.9 Å². The number of amides is 1. The Bertz CT molecular complexity index is 580. The third-order valence-corrected chi connectivity index (χ3v) is 4.38. The average Bonchev–Trinajstić information content (AvgIpc) is 3.07. The lowest BCUT2D eigenvalue weighted by Gasteiger charge is -2.32. The van der Waals surface area contributed by atoms with Crippen LogP contribution in [0.25, 0.3) is 0 Å². The number of carbonyl (C=O) groups is 1. The number of carbonyl (C=O) groups excluding carboxylic acids is 1. The zero-order valence-electron chi connectivity index (χ0n) is 12.9. The molecular weight excluding hydrogens is 274 g/mol. The Labute approximate surface area is 131 Å². The van der Waals surface area contributed by atoms with Gasteiger partial charge < -0.3 is 9.88 Å². The van der Waals surface area contributed by atoms with Crippen LogP contribution in [0.3, 0.4) is 0 Å². The van der Waals surface area contributed by atoms with Crippen molar-refractivity contribution in [3.8, 4) is 0 Å². The Kier molecular flexibility index (Phi) is 4.88. The van der Waals surface area contributed by atoms with Crippen molar-refractivity contribution in [2.75, 3.05) is 13.1 Å². The third kappa shape index (κ3) is 3.97. The highest BCUT2D eigenvalue weighted by Gasteiger charge is 2.24. The lowest BCUT2D eigenvalue weighted by molar-refractivity contribution is -0.133. The summed E-state index contributed by atoms with van der Waals surface area (Å²) in [6.07, 6.45) is 8.32. The maximum absolute atomic E-state index is 12.4. The van der Waals surface area contributed by atoms with Crippen LogP contribution in [0, 0.1) is 5.92 Å². The summed E-state index contributed by atoms with van der Waals surface area (Å²) in [6.45, 7) is 1.77. The molecule has 1 aromatic carbocycles. The molecule has 1 saturated heterocycles. The number of hydrogen-bond donors (Lipinski definition) is 1. The lowest BCUT2D eigenvalue weighted by atomic mass is 9.94. The van der Waals surface area contributed by atoms with Crippen LogP contribution in [0.5, 0.6) is 0 Å². The monoisotopic (exact) mass is 297 g/mol. The fourth-order valence-corrected chi connectivity index (χ4v) is 3.20. The first-order valence-electron chi connectivity index (χ1n) is 8.11. The summed E-state index contributed by atoms with van der Waals surface area (Å²) in [6, 6.07) is 10.2. The van der Waals surface area contributed by atoms with E-state index in [9.17, 15) is 4.79 Å². The number of likely N-dealkylation sites (tertiary alicyclic amines) is 1. The number of benzene rings is 1. The summed E-state index contributed by atoms with van der Waals surface area (Å²) in [5.74, 6) is 1.84. The minimum atomic E-state index is 0.285. The molecule has 22 heavy (non-hydrogen) atoms. The fraction of sp³-hybridized carbons (Fsp3) is 0.444. The van der Waals surface area contributed by atoms with E-state index in [1.165, 1.54) is 12.0 Å². The van der Waals surface area contributed by atoms with Gasteiger partial charge in [0.25, 0.3) is 0 Å². The quantitative estimate of drug-likeness (QED) is 0.922. The molecule has 0 bridgehead atoms. The largest absolute Gasteiger partial charge is 0.349 e. The molecule has 1 atom stereocenters. The molecular formula is C18H23N3O. The Hall–Kier alpha value is -2.10. The molecule has 1 aromatic heterocycles. The molecule has 1 aliphatic heterocycles. The maximum Gasteiger partial charge on any atom is 0.222 e. The van der Waals surface area contributed by atoms with Crippen molar-refractivity contribution < 1.29 is 4.79 Å². The van der Waals surface area contributed by atoms with E-state index in [1.807, 2.05) is 29.3 Å². The molecule has 4 nitrogen and oxygen atoms in total. The first kappa shape index (κ1) is 14.8. The molecule has 2 aromatic rings. The minimum absolute atomic E-state index is 0.285. The second kappa shape index (κ2) is 7.25. The van der Waals surface area contributed by atoms with Gasteiger partial charge in [-0.2, -0.15) is 0 Å². The van der Waals surface area contributed by atoms with E-state index < -0.39 is 0 Å². The summed E-state index contributed by atoms with van der Waals surface area (Å²) in [7, 11) is 0. The second-order valence-corrected chi connectivity index (χ2v) is 6.07. The number of H-pyrrole nitrogens is 1. The van der Waals surface area contributed by atoms with E-state index in [0.717, 1.165) is 38.2 Å². The smallest absolute Gasteiger partial charge is 0.222 e. The molecule has 0 aliphatic carbocycles. The molecule has 0 radical (unpaired) electrons. The van der Waals surface area contributed by atoms with Gasteiger partial charge in [0.2, 0.25) is 5.91 Å². The minimum Gasteiger partial charge on any atom is -0.349 e. The molecule has 0 saturated carbocycles. The molecule has 3 rings (SSSR count). The van der Waals surface area contributed by atoms with Gasteiger partial charge in [0.1, 0.15) is 5.82 Å². The van der Waals surface area contributed by atoms with Crippen LogP contribution >= 0.6 is 0 Å². The van der Waals surface area contributed by atoms with Gasteiger partial charge in [-0.15, -0.1) is 0 Å². The van der Waals surface area contributed by atoms with Gasteiger partial charge in [-0.05, 0) is 30.7 Å². The number of nitrogens with one attached hydrogen (secondary N) is 1. The van der Waals surface area contributed by atoms with Crippen LogP contribution in [0.4, 0.5) is 0 Å². The molecule has 1 aliphatic rings. The fourth-order valence-electron chi connectivity index (χ4n) is 3.20. The Morgan fingerprint density at radius 3 is 2.95 bits per heavy atom. The third-order valence-electron chi connectivity index (χ3n) is 4.38. The molecule has 4 heteroatoms. The molecule has 2 heterocycles.